The monoisotopic (exact) mass is 294 g/mol. The third-order valence-corrected chi connectivity index (χ3v) is 6.29. The summed E-state index contributed by atoms with van der Waals surface area (Å²) in [5, 5.41) is 0. The summed E-state index contributed by atoms with van der Waals surface area (Å²) in [5.41, 5.74) is 9.76. The third kappa shape index (κ3) is 4.05. The molecule has 1 fully saturated rings. The number of hydrogen-bond donors (Lipinski definition) is 1. The lowest BCUT2D eigenvalue weighted by Gasteiger charge is -2.39. The van der Waals surface area contributed by atoms with Crippen LogP contribution in [0.4, 0.5) is 0 Å². The molecule has 1 aromatic heterocycles. The van der Waals surface area contributed by atoms with Gasteiger partial charge in [0.2, 0.25) is 0 Å². The number of thiazole rings is 1. The standard InChI is InChI=1S/C17H30N2S/c1-3-4-5-15-6-9-17(12-18,10-7-15)11-8-16-14(2)19-13-20-16/h13,15H,3-12,18H2,1-2H3. The van der Waals surface area contributed by atoms with Crippen molar-refractivity contribution in [3.8, 4) is 0 Å². The Labute approximate surface area is 128 Å². The minimum absolute atomic E-state index is 0.416. The van der Waals surface area contributed by atoms with Crippen LogP contribution in [0.3, 0.4) is 0 Å². The van der Waals surface area contributed by atoms with Gasteiger partial charge in [0.1, 0.15) is 0 Å². The summed E-state index contributed by atoms with van der Waals surface area (Å²) < 4.78 is 0. The quantitative estimate of drug-likeness (QED) is 0.791. The van der Waals surface area contributed by atoms with Crippen LogP contribution in [0.2, 0.25) is 0 Å². The van der Waals surface area contributed by atoms with Gasteiger partial charge in [0.15, 0.2) is 0 Å². The van der Waals surface area contributed by atoms with E-state index in [0.29, 0.717) is 5.41 Å². The van der Waals surface area contributed by atoms with E-state index in [9.17, 15) is 0 Å². The molecule has 1 heterocycles. The largest absolute Gasteiger partial charge is 0.330 e. The van der Waals surface area contributed by atoms with E-state index in [2.05, 4.69) is 18.8 Å². The number of nitrogens with zero attached hydrogens (tertiary/aromatic N) is 1. The number of aromatic nitrogens is 1. The molecular weight excluding hydrogens is 264 g/mol. The van der Waals surface area contributed by atoms with E-state index in [4.69, 9.17) is 5.73 Å². The Kier molecular flexibility index (Phi) is 6.03. The highest BCUT2D eigenvalue weighted by atomic mass is 32.1. The Balaban J connectivity index is 1.84. The average Bonchev–Trinajstić information content (AvgIpc) is 2.89. The van der Waals surface area contributed by atoms with Crippen molar-refractivity contribution in [2.45, 2.75) is 71.6 Å². The van der Waals surface area contributed by atoms with Crippen molar-refractivity contribution < 1.29 is 0 Å². The molecule has 3 heteroatoms. The predicted molar refractivity (Wildman–Crippen MR) is 88.1 cm³/mol. The highest BCUT2D eigenvalue weighted by molar-refractivity contribution is 7.09. The van der Waals surface area contributed by atoms with Crippen molar-refractivity contribution in [2.24, 2.45) is 17.1 Å². The molecule has 1 aromatic rings. The molecule has 0 bridgehead atoms. The van der Waals surface area contributed by atoms with Crippen molar-refractivity contribution in [3.05, 3.63) is 16.1 Å². The van der Waals surface area contributed by atoms with E-state index in [-0.39, 0.29) is 0 Å². The van der Waals surface area contributed by atoms with Gasteiger partial charge in [0, 0.05) is 4.88 Å². The highest BCUT2D eigenvalue weighted by Gasteiger charge is 2.33. The third-order valence-electron chi connectivity index (χ3n) is 5.29. The molecule has 1 aliphatic rings. The van der Waals surface area contributed by atoms with Crippen molar-refractivity contribution >= 4 is 11.3 Å². The lowest BCUT2D eigenvalue weighted by molar-refractivity contribution is 0.139. The van der Waals surface area contributed by atoms with Gasteiger partial charge in [-0.05, 0) is 63.3 Å². The van der Waals surface area contributed by atoms with Gasteiger partial charge in [-0.1, -0.05) is 26.2 Å². The summed E-state index contributed by atoms with van der Waals surface area (Å²) >= 11 is 1.81. The van der Waals surface area contributed by atoms with Crippen molar-refractivity contribution in [1.29, 1.82) is 0 Å². The fraction of sp³-hybridized carbons (Fsp3) is 0.824. The maximum Gasteiger partial charge on any atom is 0.0797 e. The lowest BCUT2D eigenvalue weighted by Crippen LogP contribution is -2.35. The molecule has 0 aliphatic heterocycles. The molecule has 0 amide bonds. The summed E-state index contributed by atoms with van der Waals surface area (Å²) in [6, 6.07) is 0. The Bertz CT molecular complexity index is 391. The van der Waals surface area contributed by atoms with Crippen molar-refractivity contribution in [2.75, 3.05) is 6.54 Å². The first-order valence-corrected chi connectivity index (χ1v) is 9.16. The zero-order chi connectivity index (χ0) is 14.4. The van der Waals surface area contributed by atoms with Crippen LogP contribution in [0.25, 0.3) is 0 Å². The molecule has 0 spiro atoms. The van der Waals surface area contributed by atoms with Crippen molar-refractivity contribution in [1.82, 2.24) is 4.98 Å². The Morgan fingerprint density at radius 2 is 2.15 bits per heavy atom. The van der Waals surface area contributed by atoms with E-state index in [0.717, 1.165) is 12.5 Å². The average molecular weight is 295 g/mol. The number of rotatable bonds is 7. The van der Waals surface area contributed by atoms with Gasteiger partial charge in [0.25, 0.3) is 0 Å². The molecule has 0 atom stereocenters. The molecule has 1 saturated carbocycles. The molecule has 114 valence electrons. The highest BCUT2D eigenvalue weighted by Crippen LogP contribution is 2.43. The van der Waals surface area contributed by atoms with Crippen LogP contribution in [-0.2, 0) is 6.42 Å². The predicted octanol–water partition coefficient (Wildman–Crippen LogP) is 4.71. The maximum absolute atomic E-state index is 6.15. The van der Waals surface area contributed by atoms with Crippen molar-refractivity contribution in [3.63, 3.8) is 0 Å². The second kappa shape index (κ2) is 7.56. The minimum atomic E-state index is 0.416. The Morgan fingerprint density at radius 1 is 1.40 bits per heavy atom. The smallest absolute Gasteiger partial charge is 0.0797 e. The topological polar surface area (TPSA) is 38.9 Å². The normalized spacial score (nSPS) is 26.9. The summed E-state index contributed by atoms with van der Waals surface area (Å²) in [7, 11) is 0. The number of unbranched alkanes of at least 4 members (excludes halogenated alkanes) is 1. The van der Waals surface area contributed by atoms with Gasteiger partial charge in [-0.15, -0.1) is 11.3 Å². The van der Waals surface area contributed by atoms with Gasteiger partial charge in [-0.2, -0.15) is 0 Å². The summed E-state index contributed by atoms with van der Waals surface area (Å²) in [4.78, 5) is 5.83. The van der Waals surface area contributed by atoms with Gasteiger partial charge in [-0.3, -0.25) is 0 Å². The molecule has 0 saturated heterocycles. The second-order valence-corrected chi connectivity index (χ2v) is 7.59. The molecule has 0 unspecified atom stereocenters. The van der Waals surface area contributed by atoms with Gasteiger partial charge in [0.05, 0.1) is 11.2 Å². The molecule has 2 nitrogen and oxygen atoms in total. The zero-order valence-corrected chi connectivity index (χ0v) is 14.0. The molecule has 0 aromatic carbocycles. The van der Waals surface area contributed by atoms with Crippen LogP contribution in [-0.4, -0.2) is 11.5 Å². The fourth-order valence-electron chi connectivity index (χ4n) is 3.57. The van der Waals surface area contributed by atoms with E-state index in [1.807, 2.05) is 16.8 Å². The van der Waals surface area contributed by atoms with E-state index in [1.54, 1.807) is 0 Å². The van der Waals surface area contributed by atoms with Crippen LogP contribution in [0.5, 0.6) is 0 Å². The van der Waals surface area contributed by atoms with E-state index in [1.165, 1.54) is 68.4 Å². The zero-order valence-electron chi connectivity index (χ0n) is 13.2. The number of aryl methyl sites for hydroxylation is 2. The first-order valence-electron chi connectivity index (χ1n) is 8.28. The van der Waals surface area contributed by atoms with Gasteiger partial charge >= 0.3 is 0 Å². The second-order valence-electron chi connectivity index (χ2n) is 6.65. The van der Waals surface area contributed by atoms with Gasteiger partial charge in [-0.25, -0.2) is 4.98 Å². The van der Waals surface area contributed by atoms with Crippen LogP contribution < -0.4 is 5.73 Å². The molecule has 2 rings (SSSR count). The fourth-order valence-corrected chi connectivity index (χ4v) is 4.35. The number of nitrogens with two attached hydrogens (primary N) is 1. The first-order chi connectivity index (χ1) is 9.69. The summed E-state index contributed by atoms with van der Waals surface area (Å²) in [5.74, 6) is 0.972. The van der Waals surface area contributed by atoms with Crippen LogP contribution in [0, 0.1) is 18.3 Å². The van der Waals surface area contributed by atoms with Gasteiger partial charge < -0.3 is 5.73 Å². The molecule has 20 heavy (non-hydrogen) atoms. The summed E-state index contributed by atoms with van der Waals surface area (Å²) in [6.07, 6.45) is 12.1. The number of hydrogen-bond acceptors (Lipinski definition) is 3. The molecule has 0 radical (unpaired) electrons. The van der Waals surface area contributed by atoms with Crippen LogP contribution >= 0.6 is 11.3 Å². The Morgan fingerprint density at radius 3 is 2.70 bits per heavy atom. The SMILES string of the molecule is CCCCC1CCC(CN)(CCc2scnc2C)CC1. The maximum atomic E-state index is 6.15. The molecular formula is C17H30N2S. The molecule has 1 aliphatic carbocycles. The Hall–Kier alpha value is -0.410. The summed E-state index contributed by atoms with van der Waals surface area (Å²) in [6.45, 7) is 5.29. The van der Waals surface area contributed by atoms with E-state index < -0.39 is 0 Å². The first kappa shape index (κ1) is 16.0. The van der Waals surface area contributed by atoms with E-state index >= 15 is 0 Å². The lowest BCUT2D eigenvalue weighted by atomic mass is 9.67. The molecule has 2 N–H and O–H groups in total. The minimum Gasteiger partial charge on any atom is -0.330 e. The van der Waals surface area contributed by atoms with Crippen LogP contribution in [0.15, 0.2) is 5.51 Å². The van der Waals surface area contributed by atoms with Crippen LogP contribution in [0.1, 0.15) is 68.9 Å².